The van der Waals surface area contributed by atoms with Gasteiger partial charge in [0.25, 0.3) is 0 Å². The van der Waals surface area contributed by atoms with E-state index < -0.39 is 12.2 Å². The van der Waals surface area contributed by atoms with Gasteiger partial charge in [-0.05, 0) is 70.1 Å². The first-order valence-corrected chi connectivity index (χ1v) is 7.46. The summed E-state index contributed by atoms with van der Waals surface area (Å²) in [4.78, 5) is 0. The Kier molecular flexibility index (Phi) is 2.78. The van der Waals surface area contributed by atoms with E-state index in [1.165, 1.54) is 32.7 Å². The van der Waals surface area contributed by atoms with E-state index in [-0.39, 0.29) is 0 Å². The average Bonchev–Trinajstić information content (AvgIpc) is 2.49. The Morgan fingerprint density at radius 3 is 2.57 bits per heavy atom. The first kappa shape index (κ1) is 12.8. The van der Waals surface area contributed by atoms with Crippen LogP contribution in [0, 0.1) is 6.92 Å². The molecule has 2 N–H and O–H groups in total. The second-order valence-corrected chi connectivity index (χ2v) is 6.05. The van der Waals surface area contributed by atoms with Crippen molar-refractivity contribution in [1.82, 2.24) is 0 Å². The summed E-state index contributed by atoms with van der Waals surface area (Å²) in [5, 5.41) is 25.0. The highest BCUT2D eigenvalue weighted by molar-refractivity contribution is 6.01. The fraction of sp³-hybridized carbons (Fsp3) is 0.263. The number of hydrogen-bond donors (Lipinski definition) is 2. The van der Waals surface area contributed by atoms with Crippen LogP contribution in [0.2, 0.25) is 0 Å². The van der Waals surface area contributed by atoms with E-state index in [0.29, 0.717) is 6.42 Å². The lowest BCUT2D eigenvalue weighted by atomic mass is 9.83. The molecule has 106 valence electrons. The number of rotatable bonds is 0. The molecule has 2 atom stereocenters. The number of hydrogen-bond acceptors (Lipinski definition) is 2. The van der Waals surface area contributed by atoms with Crippen LogP contribution in [0.5, 0.6) is 0 Å². The van der Waals surface area contributed by atoms with Crippen molar-refractivity contribution >= 4 is 21.5 Å². The van der Waals surface area contributed by atoms with E-state index in [1.807, 2.05) is 6.07 Å². The molecule has 0 saturated heterocycles. The predicted molar refractivity (Wildman–Crippen MR) is 85.5 cm³/mol. The highest BCUT2D eigenvalue weighted by atomic mass is 16.3. The molecule has 0 aliphatic heterocycles. The molecule has 0 unspecified atom stereocenters. The molecular formula is C19H18O2. The third kappa shape index (κ3) is 1.87. The monoisotopic (exact) mass is 278 g/mol. The maximum absolute atomic E-state index is 10.2. The van der Waals surface area contributed by atoms with Crippen molar-refractivity contribution < 1.29 is 10.2 Å². The first-order chi connectivity index (χ1) is 10.1. The van der Waals surface area contributed by atoms with Crippen molar-refractivity contribution in [2.45, 2.75) is 32.0 Å². The Bertz CT molecular complexity index is 851. The molecule has 0 amide bonds. The van der Waals surface area contributed by atoms with E-state index in [2.05, 4.69) is 43.3 Å². The van der Waals surface area contributed by atoms with Gasteiger partial charge in [0.2, 0.25) is 0 Å². The van der Waals surface area contributed by atoms with Gasteiger partial charge in [0, 0.05) is 0 Å². The van der Waals surface area contributed by atoms with Crippen LogP contribution < -0.4 is 0 Å². The molecule has 0 spiro atoms. The molecule has 3 aromatic rings. The summed E-state index contributed by atoms with van der Waals surface area (Å²) in [5.74, 6) is 0. The molecule has 0 radical (unpaired) electrons. The van der Waals surface area contributed by atoms with Crippen LogP contribution >= 0.6 is 0 Å². The zero-order chi connectivity index (χ0) is 14.6. The van der Waals surface area contributed by atoms with Crippen LogP contribution in [-0.2, 0) is 6.42 Å². The highest BCUT2D eigenvalue weighted by Crippen LogP contribution is 2.36. The molecule has 1 aliphatic rings. The van der Waals surface area contributed by atoms with Gasteiger partial charge in [-0.3, -0.25) is 0 Å². The molecule has 21 heavy (non-hydrogen) atoms. The van der Waals surface area contributed by atoms with E-state index in [4.69, 9.17) is 0 Å². The Labute approximate surface area is 123 Å². The van der Waals surface area contributed by atoms with Crippen molar-refractivity contribution in [3.63, 3.8) is 0 Å². The number of benzene rings is 3. The smallest absolute Gasteiger partial charge is 0.105 e. The van der Waals surface area contributed by atoms with Crippen molar-refractivity contribution in [3.05, 3.63) is 59.2 Å². The summed E-state index contributed by atoms with van der Waals surface area (Å²) < 4.78 is 0. The van der Waals surface area contributed by atoms with Crippen molar-refractivity contribution in [1.29, 1.82) is 0 Å². The molecule has 2 nitrogen and oxygen atoms in total. The molecule has 1 aliphatic carbocycles. The minimum absolute atomic E-state index is 0.624. The number of aliphatic hydroxyl groups excluding tert-OH is 2. The zero-order valence-electron chi connectivity index (χ0n) is 12.0. The summed E-state index contributed by atoms with van der Waals surface area (Å²) in [6.45, 7) is 2.13. The minimum atomic E-state index is -0.758. The standard InChI is InChI=1S/C19H18O2/c1-11-3-2-4-12-10-17-13(9-16(11)12)5-6-15-14(17)7-8-18(20)19(15)21/h2-6,9-10,18-21H,7-8H2,1H3/t18-,19-/m0/s1. The topological polar surface area (TPSA) is 40.5 Å². The molecular weight excluding hydrogens is 260 g/mol. The zero-order valence-corrected chi connectivity index (χ0v) is 12.0. The van der Waals surface area contributed by atoms with Crippen LogP contribution in [-0.4, -0.2) is 16.3 Å². The molecule has 4 rings (SSSR count). The van der Waals surface area contributed by atoms with Crippen LogP contribution in [0.15, 0.2) is 42.5 Å². The van der Waals surface area contributed by atoms with Crippen LogP contribution in [0.25, 0.3) is 21.5 Å². The molecule has 3 aromatic carbocycles. The van der Waals surface area contributed by atoms with Gasteiger partial charge in [-0.15, -0.1) is 0 Å². The SMILES string of the molecule is Cc1cccc2cc3c4c(ccc3cc12)[C@H](O)[C@@H](O)CC4. The summed E-state index contributed by atoms with van der Waals surface area (Å²) in [7, 11) is 0. The van der Waals surface area contributed by atoms with Crippen LogP contribution in [0.3, 0.4) is 0 Å². The second-order valence-electron chi connectivity index (χ2n) is 6.05. The van der Waals surface area contributed by atoms with Gasteiger partial charge in [-0.1, -0.05) is 30.3 Å². The van der Waals surface area contributed by atoms with Crippen molar-refractivity contribution in [3.8, 4) is 0 Å². The van der Waals surface area contributed by atoms with Crippen LogP contribution in [0.4, 0.5) is 0 Å². The number of aliphatic hydroxyl groups is 2. The van der Waals surface area contributed by atoms with Gasteiger partial charge in [0.05, 0.1) is 6.10 Å². The molecule has 0 bridgehead atoms. The van der Waals surface area contributed by atoms with Crippen molar-refractivity contribution in [2.24, 2.45) is 0 Å². The summed E-state index contributed by atoms with van der Waals surface area (Å²) in [6.07, 6.45) is 0.0467. The quantitative estimate of drug-likeness (QED) is 0.616. The number of aryl methyl sites for hydroxylation is 2. The normalized spacial score (nSPS) is 21.7. The lowest BCUT2D eigenvalue weighted by Gasteiger charge is -2.27. The Balaban J connectivity index is 2.06. The maximum Gasteiger partial charge on any atom is 0.105 e. The summed E-state index contributed by atoms with van der Waals surface area (Å²) in [6, 6.07) is 14.8. The predicted octanol–water partition coefficient (Wildman–Crippen LogP) is 3.64. The van der Waals surface area contributed by atoms with E-state index in [9.17, 15) is 10.2 Å². The Morgan fingerprint density at radius 2 is 1.71 bits per heavy atom. The van der Waals surface area contributed by atoms with Gasteiger partial charge >= 0.3 is 0 Å². The van der Waals surface area contributed by atoms with Gasteiger partial charge in [-0.25, -0.2) is 0 Å². The highest BCUT2D eigenvalue weighted by Gasteiger charge is 2.27. The third-order valence-electron chi connectivity index (χ3n) is 4.76. The van der Waals surface area contributed by atoms with Gasteiger partial charge in [0.1, 0.15) is 6.10 Å². The molecule has 0 saturated carbocycles. The second kappa shape index (κ2) is 4.55. The third-order valence-corrected chi connectivity index (χ3v) is 4.76. The van der Waals surface area contributed by atoms with E-state index in [1.54, 1.807) is 0 Å². The molecule has 0 heterocycles. The van der Waals surface area contributed by atoms with Gasteiger partial charge in [-0.2, -0.15) is 0 Å². The molecule has 0 fully saturated rings. The number of fused-ring (bicyclic) bond motifs is 4. The minimum Gasteiger partial charge on any atom is -0.390 e. The van der Waals surface area contributed by atoms with Gasteiger partial charge in [0.15, 0.2) is 0 Å². The van der Waals surface area contributed by atoms with Gasteiger partial charge < -0.3 is 10.2 Å². The molecule has 0 aromatic heterocycles. The summed E-state index contributed by atoms with van der Waals surface area (Å²) >= 11 is 0. The lowest BCUT2D eigenvalue weighted by Crippen LogP contribution is -2.25. The maximum atomic E-state index is 10.2. The van der Waals surface area contributed by atoms with E-state index in [0.717, 1.165) is 12.0 Å². The average molecular weight is 278 g/mol. The Hall–Kier alpha value is -1.90. The van der Waals surface area contributed by atoms with Crippen LogP contribution in [0.1, 0.15) is 29.2 Å². The first-order valence-electron chi connectivity index (χ1n) is 7.46. The fourth-order valence-corrected chi connectivity index (χ4v) is 3.55. The summed E-state index contributed by atoms with van der Waals surface area (Å²) in [5.41, 5.74) is 3.35. The fourth-order valence-electron chi connectivity index (χ4n) is 3.55. The van der Waals surface area contributed by atoms with Crippen molar-refractivity contribution in [2.75, 3.05) is 0 Å². The Morgan fingerprint density at radius 1 is 0.952 bits per heavy atom. The lowest BCUT2D eigenvalue weighted by molar-refractivity contribution is 0.00676. The van der Waals surface area contributed by atoms with E-state index >= 15 is 0 Å². The molecule has 2 heteroatoms. The largest absolute Gasteiger partial charge is 0.390 e.